The normalized spacial score (nSPS) is 10.1. The third-order valence-corrected chi connectivity index (χ3v) is 2.60. The van der Waals surface area contributed by atoms with E-state index >= 15 is 0 Å². The molecule has 0 amide bonds. The molecule has 83 valence electrons. The molecule has 1 radical (unpaired) electrons. The first-order chi connectivity index (χ1) is 8.20. The Morgan fingerprint density at radius 1 is 0.765 bits per heavy atom. The summed E-state index contributed by atoms with van der Waals surface area (Å²) >= 11 is 0. The quantitative estimate of drug-likeness (QED) is 0.603. The van der Waals surface area contributed by atoms with Crippen molar-refractivity contribution in [3.63, 3.8) is 0 Å². The van der Waals surface area contributed by atoms with Gasteiger partial charge in [0.25, 0.3) is 0 Å². The number of benzene rings is 2. The zero-order valence-electron chi connectivity index (χ0n) is 9.12. The average molecular weight is 225 g/mol. The molecule has 0 fully saturated rings. The highest BCUT2D eigenvalue weighted by atomic mass is 16.4. The maximum absolute atomic E-state index is 8.98. The van der Waals surface area contributed by atoms with Gasteiger partial charge in [0.15, 0.2) is 0 Å². The van der Waals surface area contributed by atoms with Crippen molar-refractivity contribution < 1.29 is 15.1 Å². The molecule has 0 heterocycles. The van der Waals surface area contributed by atoms with E-state index in [4.69, 9.17) is 15.1 Å². The van der Waals surface area contributed by atoms with E-state index in [-0.39, 0.29) is 0 Å². The van der Waals surface area contributed by atoms with Crippen molar-refractivity contribution in [3.05, 3.63) is 48.5 Å². The Kier molecular flexibility index (Phi) is 3.64. The van der Waals surface area contributed by atoms with E-state index < -0.39 is 7.12 Å². The first kappa shape index (κ1) is 11.9. The summed E-state index contributed by atoms with van der Waals surface area (Å²) in [6.07, 6.45) is 0. The highest BCUT2D eigenvalue weighted by Crippen LogP contribution is 2.16. The summed E-state index contributed by atoms with van der Waals surface area (Å²) in [6.45, 7) is 0. The summed E-state index contributed by atoms with van der Waals surface area (Å²) in [7, 11) is -0.384. The lowest BCUT2D eigenvalue weighted by Gasteiger charge is -2.04. The second kappa shape index (κ2) is 5.19. The highest BCUT2D eigenvalue weighted by molar-refractivity contribution is 6.58. The van der Waals surface area contributed by atoms with Crippen LogP contribution < -0.4 is 10.9 Å². The van der Waals surface area contributed by atoms with E-state index in [2.05, 4.69) is 0 Å². The number of hydrogen-bond donors (Lipinski definition) is 3. The predicted molar refractivity (Wildman–Crippen MR) is 69.3 cm³/mol. The fraction of sp³-hybridized carbons (Fsp3) is 0. The van der Waals surface area contributed by atoms with Crippen LogP contribution in [0.2, 0.25) is 0 Å². The molecule has 0 aromatic heterocycles. The fourth-order valence-corrected chi connectivity index (χ4v) is 1.61. The van der Waals surface area contributed by atoms with Crippen molar-refractivity contribution in [3.8, 4) is 11.1 Å². The Bertz CT molecular complexity index is 480. The van der Waals surface area contributed by atoms with Gasteiger partial charge in [0.05, 0.1) is 0 Å². The SMILES string of the molecule is O[B]c1ccc(-c2ccc(B(O)O)cc2)cc1. The summed E-state index contributed by atoms with van der Waals surface area (Å²) in [4.78, 5) is 0. The van der Waals surface area contributed by atoms with E-state index in [0.29, 0.717) is 5.46 Å². The molecule has 0 unspecified atom stereocenters. The Balaban J connectivity index is 2.26. The number of rotatable bonds is 3. The molecule has 2 rings (SSSR count). The van der Waals surface area contributed by atoms with Crippen molar-refractivity contribution >= 4 is 25.5 Å². The Morgan fingerprint density at radius 2 is 1.24 bits per heavy atom. The van der Waals surface area contributed by atoms with Crippen LogP contribution in [0.4, 0.5) is 0 Å². The van der Waals surface area contributed by atoms with Crippen molar-refractivity contribution in [2.45, 2.75) is 0 Å². The van der Waals surface area contributed by atoms with Gasteiger partial charge < -0.3 is 15.1 Å². The lowest BCUT2D eigenvalue weighted by Crippen LogP contribution is -2.29. The molecule has 3 N–H and O–H groups in total. The van der Waals surface area contributed by atoms with Crippen LogP contribution in [0.1, 0.15) is 0 Å². The minimum atomic E-state index is -1.43. The third-order valence-electron chi connectivity index (χ3n) is 2.60. The summed E-state index contributed by atoms with van der Waals surface area (Å²) in [5.41, 5.74) is 3.21. The van der Waals surface area contributed by atoms with Crippen LogP contribution >= 0.6 is 0 Å². The minimum absolute atomic E-state index is 0.467. The summed E-state index contributed by atoms with van der Waals surface area (Å²) < 4.78 is 0. The predicted octanol–water partition coefficient (Wildman–Crippen LogP) is -0.730. The summed E-state index contributed by atoms with van der Waals surface area (Å²) in [5, 5.41) is 26.8. The van der Waals surface area contributed by atoms with Crippen LogP contribution in [0, 0.1) is 0 Å². The molecule has 0 aliphatic carbocycles. The molecule has 17 heavy (non-hydrogen) atoms. The molecule has 0 saturated heterocycles. The maximum atomic E-state index is 8.98. The van der Waals surface area contributed by atoms with Crippen LogP contribution in [0.3, 0.4) is 0 Å². The van der Waals surface area contributed by atoms with Gasteiger partial charge in [-0.2, -0.15) is 0 Å². The van der Waals surface area contributed by atoms with Gasteiger partial charge in [0.1, 0.15) is 0 Å². The van der Waals surface area contributed by atoms with E-state index in [1.165, 1.54) is 0 Å². The standard InChI is InChI=1S/C12H11B2O3/c15-13-11-5-1-9(2-6-11)10-3-7-12(8-4-10)14(16)17/h1-8,15-17H. The lowest BCUT2D eigenvalue weighted by molar-refractivity contribution is 0.426. The molecule has 2 aromatic rings. The first-order valence-electron chi connectivity index (χ1n) is 5.24. The first-order valence-corrected chi connectivity index (χ1v) is 5.24. The van der Waals surface area contributed by atoms with E-state index in [9.17, 15) is 0 Å². The van der Waals surface area contributed by atoms with Crippen molar-refractivity contribution in [1.82, 2.24) is 0 Å². The smallest absolute Gasteiger partial charge is 0.450 e. The van der Waals surface area contributed by atoms with Gasteiger partial charge in [0, 0.05) is 0 Å². The molecule has 0 aliphatic rings. The van der Waals surface area contributed by atoms with Gasteiger partial charge in [-0.05, 0) is 16.6 Å². The Hall–Kier alpha value is -1.55. The molecule has 5 heteroatoms. The average Bonchev–Trinajstić information content (AvgIpc) is 2.39. The lowest BCUT2D eigenvalue weighted by atomic mass is 9.79. The zero-order chi connectivity index (χ0) is 12.3. The molecule has 3 nitrogen and oxygen atoms in total. The van der Waals surface area contributed by atoms with Crippen molar-refractivity contribution in [2.24, 2.45) is 0 Å². The second-order valence-electron chi connectivity index (χ2n) is 3.75. The van der Waals surface area contributed by atoms with Gasteiger partial charge in [-0.15, -0.1) is 0 Å². The van der Waals surface area contributed by atoms with Gasteiger partial charge in [-0.1, -0.05) is 54.0 Å². The van der Waals surface area contributed by atoms with E-state index in [1.54, 1.807) is 12.1 Å². The van der Waals surface area contributed by atoms with Gasteiger partial charge >= 0.3 is 14.6 Å². The third kappa shape index (κ3) is 2.77. The van der Waals surface area contributed by atoms with Crippen LogP contribution in [0.15, 0.2) is 48.5 Å². The van der Waals surface area contributed by atoms with Crippen LogP contribution in [-0.4, -0.2) is 29.7 Å². The van der Waals surface area contributed by atoms with Gasteiger partial charge in [-0.3, -0.25) is 0 Å². The maximum Gasteiger partial charge on any atom is 0.488 e. The number of hydrogen-bond acceptors (Lipinski definition) is 3. The Morgan fingerprint density at radius 3 is 1.65 bits per heavy atom. The molecule has 2 aromatic carbocycles. The summed E-state index contributed by atoms with van der Waals surface area (Å²) in [5.74, 6) is 0. The van der Waals surface area contributed by atoms with Gasteiger partial charge in [-0.25, -0.2) is 0 Å². The highest BCUT2D eigenvalue weighted by Gasteiger charge is 2.09. The topological polar surface area (TPSA) is 60.7 Å². The largest absolute Gasteiger partial charge is 0.488 e. The molecule has 0 atom stereocenters. The molecular formula is C12H11B2O3. The molecular weight excluding hydrogens is 214 g/mol. The van der Waals surface area contributed by atoms with E-state index in [1.807, 2.05) is 36.4 Å². The monoisotopic (exact) mass is 225 g/mol. The molecule has 0 aliphatic heterocycles. The van der Waals surface area contributed by atoms with Crippen LogP contribution in [-0.2, 0) is 0 Å². The van der Waals surface area contributed by atoms with Crippen molar-refractivity contribution in [1.29, 1.82) is 0 Å². The van der Waals surface area contributed by atoms with E-state index in [0.717, 1.165) is 24.1 Å². The van der Waals surface area contributed by atoms with Crippen molar-refractivity contribution in [2.75, 3.05) is 0 Å². The minimum Gasteiger partial charge on any atom is -0.450 e. The fourth-order valence-electron chi connectivity index (χ4n) is 1.61. The molecule has 0 spiro atoms. The zero-order valence-corrected chi connectivity index (χ0v) is 9.12. The van der Waals surface area contributed by atoms with Gasteiger partial charge in [0.2, 0.25) is 0 Å². The Labute approximate surface area is 101 Å². The second-order valence-corrected chi connectivity index (χ2v) is 3.75. The van der Waals surface area contributed by atoms with Crippen LogP contribution in [0.25, 0.3) is 11.1 Å². The summed E-state index contributed by atoms with van der Waals surface area (Å²) in [6, 6.07) is 14.4. The van der Waals surface area contributed by atoms with Crippen LogP contribution in [0.5, 0.6) is 0 Å². The molecule has 0 saturated carbocycles. The molecule has 0 bridgehead atoms.